The fourth-order valence-electron chi connectivity index (χ4n) is 2.18. The quantitative estimate of drug-likeness (QED) is 0.687. The zero-order valence-corrected chi connectivity index (χ0v) is 13.1. The maximum absolute atomic E-state index is 11.8. The molecule has 21 heavy (non-hydrogen) atoms. The normalized spacial score (nSPS) is 11.8. The van der Waals surface area contributed by atoms with Crippen LogP contribution in [0.1, 0.15) is 30.9 Å². The minimum atomic E-state index is -0.193. The molecule has 3 N–H and O–H groups in total. The molecule has 2 amide bonds. The van der Waals surface area contributed by atoms with Crippen molar-refractivity contribution < 1.29 is 14.6 Å². The summed E-state index contributed by atoms with van der Waals surface area (Å²) >= 11 is 0. The topological polar surface area (TPSA) is 70.6 Å². The van der Waals surface area contributed by atoms with E-state index in [1.807, 2.05) is 26.0 Å². The first-order valence-electron chi connectivity index (χ1n) is 7.39. The fourth-order valence-corrected chi connectivity index (χ4v) is 2.18. The number of amides is 2. The summed E-state index contributed by atoms with van der Waals surface area (Å²) in [7, 11) is 1.65. The molecule has 0 aliphatic rings. The van der Waals surface area contributed by atoms with Crippen LogP contribution in [-0.2, 0) is 6.42 Å². The molecule has 1 rings (SSSR count). The van der Waals surface area contributed by atoms with Crippen LogP contribution >= 0.6 is 0 Å². The fraction of sp³-hybridized carbons (Fsp3) is 0.562. The summed E-state index contributed by atoms with van der Waals surface area (Å²) in [4.78, 5) is 11.8. The number of ether oxygens (including phenoxy) is 1. The Balaban J connectivity index is 2.42. The molecule has 0 aromatic heterocycles. The maximum atomic E-state index is 11.8. The van der Waals surface area contributed by atoms with Gasteiger partial charge in [0.05, 0.1) is 7.11 Å². The SMILES string of the molecule is CCC(CCO)NC(=O)NCCc1cc(C)ccc1OC. The number of carbonyl (C=O) groups is 1. The van der Waals surface area contributed by atoms with Crippen LogP contribution in [-0.4, -0.2) is 37.4 Å². The van der Waals surface area contributed by atoms with Crippen LogP contribution in [0.25, 0.3) is 0 Å². The molecule has 0 saturated carbocycles. The van der Waals surface area contributed by atoms with Crippen molar-refractivity contribution in [2.45, 2.75) is 39.2 Å². The van der Waals surface area contributed by atoms with E-state index in [9.17, 15) is 4.79 Å². The summed E-state index contributed by atoms with van der Waals surface area (Å²) in [5.74, 6) is 0.842. The number of hydrogen-bond donors (Lipinski definition) is 3. The van der Waals surface area contributed by atoms with E-state index in [0.717, 1.165) is 24.2 Å². The molecule has 0 radical (unpaired) electrons. The van der Waals surface area contributed by atoms with Gasteiger partial charge in [-0.05, 0) is 37.8 Å². The van der Waals surface area contributed by atoms with Gasteiger partial charge in [0.25, 0.3) is 0 Å². The van der Waals surface area contributed by atoms with Crippen LogP contribution < -0.4 is 15.4 Å². The third-order valence-corrected chi connectivity index (χ3v) is 3.42. The zero-order chi connectivity index (χ0) is 15.7. The van der Waals surface area contributed by atoms with Gasteiger partial charge in [-0.3, -0.25) is 0 Å². The van der Waals surface area contributed by atoms with Crippen molar-refractivity contribution in [2.24, 2.45) is 0 Å². The predicted molar refractivity (Wildman–Crippen MR) is 83.8 cm³/mol. The third-order valence-electron chi connectivity index (χ3n) is 3.42. The standard InChI is InChI=1S/C16H26N2O3/c1-4-14(8-10-19)18-16(20)17-9-7-13-11-12(2)5-6-15(13)21-3/h5-6,11,14,19H,4,7-10H2,1-3H3,(H2,17,18,20). The van der Waals surface area contributed by atoms with Crippen LogP contribution in [0.4, 0.5) is 4.79 Å². The lowest BCUT2D eigenvalue weighted by molar-refractivity contribution is 0.228. The van der Waals surface area contributed by atoms with Gasteiger partial charge in [0.15, 0.2) is 0 Å². The molecule has 0 aliphatic carbocycles. The molecule has 118 valence electrons. The molecule has 0 fully saturated rings. The number of methoxy groups -OCH3 is 1. The number of benzene rings is 1. The molecule has 5 nitrogen and oxygen atoms in total. The second kappa shape index (κ2) is 9.23. The lowest BCUT2D eigenvalue weighted by Gasteiger charge is -2.16. The summed E-state index contributed by atoms with van der Waals surface area (Å²) in [5.41, 5.74) is 2.25. The molecule has 0 saturated heterocycles. The largest absolute Gasteiger partial charge is 0.496 e. The minimum absolute atomic E-state index is 0.0171. The van der Waals surface area contributed by atoms with Crippen molar-refractivity contribution >= 4 is 6.03 Å². The molecule has 1 aromatic carbocycles. The second-order valence-corrected chi connectivity index (χ2v) is 5.08. The van der Waals surface area contributed by atoms with E-state index in [4.69, 9.17) is 9.84 Å². The maximum Gasteiger partial charge on any atom is 0.315 e. The average molecular weight is 294 g/mol. The van der Waals surface area contributed by atoms with Crippen molar-refractivity contribution in [3.63, 3.8) is 0 Å². The number of aryl methyl sites for hydroxylation is 1. The Hall–Kier alpha value is -1.75. The number of carbonyl (C=O) groups excluding carboxylic acids is 1. The van der Waals surface area contributed by atoms with E-state index < -0.39 is 0 Å². The first kappa shape index (κ1) is 17.3. The zero-order valence-electron chi connectivity index (χ0n) is 13.1. The molecule has 5 heteroatoms. The molecule has 1 atom stereocenters. The highest BCUT2D eigenvalue weighted by molar-refractivity contribution is 5.74. The van der Waals surface area contributed by atoms with Crippen molar-refractivity contribution in [1.82, 2.24) is 10.6 Å². The van der Waals surface area contributed by atoms with Gasteiger partial charge >= 0.3 is 6.03 Å². The highest BCUT2D eigenvalue weighted by Crippen LogP contribution is 2.19. The van der Waals surface area contributed by atoms with Gasteiger partial charge < -0.3 is 20.5 Å². The van der Waals surface area contributed by atoms with Crippen LogP contribution in [0, 0.1) is 6.92 Å². The number of urea groups is 1. The van der Waals surface area contributed by atoms with Gasteiger partial charge in [0.2, 0.25) is 0 Å². The van der Waals surface area contributed by atoms with Crippen molar-refractivity contribution in [3.8, 4) is 5.75 Å². The Morgan fingerprint density at radius 3 is 2.81 bits per heavy atom. The Labute approximate surface area is 126 Å². The van der Waals surface area contributed by atoms with E-state index in [1.165, 1.54) is 5.56 Å². The molecule has 1 aromatic rings. The molecular weight excluding hydrogens is 268 g/mol. The van der Waals surface area contributed by atoms with Gasteiger partial charge in [0.1, 0.15) is 5.75 Å². The van der Waals surface area contributed by atoms with Crippen LogP contribution in [0.5, 0.6) is 5.75 Å². The van der Waals surface area contributed by atoms with Crippen LogP contribution in [0.15, 0.2) is 18.2 Å². The minimum Gasteiger partial charge on any atom is -0.496 e. The first-order chi connectivity index (χ1) is 10.1. The Morgan fingerprint density at radius 1 is 1.43 bits per heavy atom. The van der Waals surface area contributed by atoms with Crippen LogP contribution in [0.2, 0.25) is 0 Å². The van der Waals surface area contributed by atoms with Crippen molar-refractivity contribution in [1.29, 1.82) is 0 Å². The molecule has 0 bridgehead atoms. The lowest BCUT2D eigenvalue weighted by Crippen LogP contribution is -2.42. The first-order valence-corrected chi connectivity index (χ1v) is 7.39. The van der Waals surface area contributed by atoms with E-state index in [2.05, 4.69) is 16.7 Å². The third kappa shape index (κ3) is 6.04. The Morgan fingerprint density at radius 2 is 2.19 bits per heavy atom. The van der Waals surface area contributed by atoms with Gasteiger partial charge in [0, 0.05) is 19.2 Å². The molecule has 0 spiro atoms. The molecule has 1 unspecified atom stereocenters. The smallest absolute Gasteiger partial charge is 0.315 e. The molecule has 0 aliphatic heterocycles. The second-order valence-electron chi connectivity index (χ2n) is 5.08. The average Bonchev–Trinajstić information content (AvgIpc) is 2.47. The van der Waals surface area contributed by atoms with E-state index >= 15 is 0 Å². The summed E-state index contributed by atoms with van der Waals surface area (Å²) in [6.45, 7) is 4.64. The number of hydrogen-bond acceptors (Lipinski definition) is 3. The van der Waals surface area contributed by atoms with E-state index in [0.29, 0.717) is 13.0 Å². The summed E-state index contributed by atoms with van der Waals surface area (Å²) < 4.78 is 5.32. The Kier molecular flexibility index (Phi) is 7.61. The Bertz CT molecular complexity index is 449. The van der Waals surface area contributed by atoms with E-state index in [-0.39, 0.29) is 18.7 Å². The number of nitrogens with one attached hydrogen (secondary N) is 2. The van der Waals surface area contributed by atoms with Crippen LogP contribution in [0.3, 0.4) is 0 Å². The lowest BCUT2D eigenvalue weighted by atomic mass is 10.1. The monoisotopic (exact) mass is 294 g/mol. The van der Waals surface area contributed by atoms with Crippen molar-refractivity contribution in [2.75, 3.05) is 20.3 Å². The number of rotatable bonds is 8. The van der Waals surface area contributed by atoms with Crippen molar-refractivity contribution in [3.05, 3.63) is 29.3 Å². The molecule has 0 heterocycles. The summed E-state index contributed by atoms with van der Waals surface area (Å²) in [5, 5.41) is 14.6. The number of aliphatic hydroxyl groups is 1. The summed E-state index contributed by atoms with van der Waals surface area (Å²) in [6.07, 6.45) is 2.10. The van der Waals surface area contributed by atoms with Gasteiger partial charge in [-0.2, -0.15) is 0 Å². The van der Waals surface area contributed by atoms with Gasteiger partial charge in [-0.1, -0.05) is 24.6 Å². The van der Waals surface area contributed by atoms with Gasteiger partial charge in [-0.25, -0.2) is 4.79 Å². The predicted octanol–water partition coefficient (Wildman–Crippen LogP) is 2.01. The van der Waals surface area contributed by atoms with Gasteiger partial charge in [-0.15, -0.1) is 0 Å². The highest BCUT2D eigenvalue weighted by Gasteiger charge is 2.09. The molecular formula is C16H26N2O3. The highest BCUT2D eigenvalue weighted by atomic mass is 16.5. The summed E-state index contributed by atoms with van der Waals surface area (Å²) in [6, 6.07) is 5.84. The van der Waals surface area contributed by atoms with E-state index in [1.54, 1.807) is 7.11 Å². The number of aliphatic hydroxyl groups excluding tert-OH is 1.